The molecular formula is C14H16N2O. The van der Waals surface area contributed by atoms with Crippen LogP contribution in [0, 0.1) is 0 Å². The van der Waals surface area contributed by atoms with Crippen LogP contribution in [0.4, 0.5) is 5.82 Å². The molecule has 3 rings (SSSR count). The summed E-state index contributed by atoms with van der Waals surface area (Å²) in [4.78, 5) is 4.69. The minimum absolute atomic E-state index is 0.860. The summed E-state index contributed by atoms with van der Waals surface area (Å²) in [7, 11) is 1.68. The van der Waals surface area contributed by atoms with Crippen molar-refractivity contribution in [2.45, 2.75) is 19.3 Å². The third kappa shape index (κ3) is 1.93. The first-order valence-corrected chi connectivity index (χ1v) is 6.08. The van der Waals surface area contributed by atoms with Crippen molar-refractivity contribution in [2.24, 2.45) is 0 Å². The number of ether oxygens (including phenoxy) is 1. The van der Waals surface area contributed by atoms with Gasteiger partial charge in [0.25, 0.3) is 0 Å². The third-order valence-corrected chi connectivity index (χ3v) is 3.27. The zero-order valence-corrected chi connectivity index (χ0v) is 9.99. The van der Waals surface area contributed by atoms with Crippen LogP contribution < -0.4 is 10.1 Å². The van der Waals surface area contributed by atoms with Crippen molar-refractivity contribution < 1.29 is 4.74 Å². The summed E-state index contributed by atoms with van der Waals surface area (Å²) in [6, 6.07) is 8.30. The molecule has 3 nitrogen and oxygen atoms in total. The highest BCUT2D eigenvalue weighted by molar-refractivity contribution is 5.83. The summed E-state index contributed by atoms with van der Waals surface area (Å²) < 4.78 is 5.23. The minimum atomic E-state index is 0.860. The standard InChI is InChI=1S/C14H16N2O/c1-17-12-6-5-10-8-11-4-2-3-7-15-14(11)16-13(10)9-12/h5-6,8-9H,2-4,7H2,1H3,(H,15,16). The van der Waals surface area contributed by atoms with Gasteiger partial charge in [-0.1, -0.05) is 0 Å². The van der Waals surface area contributed by atoms with E-state index in [2.05, 4.69) is 17.4 Å². The van der Waals surface area contributed by atoms with Crippen LogP contribution in [-0.2, 0) is 6.42 Å². The number of pyridine rings is 1. The minimum Gasteiger partial charge on any atom is -0.497 e. The van der Waals surface area contributed by atoms with E-state index < -0.39 is 0 Å². The first kappa shape index (κ1) is 10.4. The van der Waals surface area contributed by atoms with Crippen LogP contribution in [0.2, 0.25) is 0 Å². The second-order valence-corrected chi connectivity index (χ2v) is 4.44. The van der Waals surface area contributed by atoms with Gasteiger partial charge in [0.05, 0.1) is 12.6 Å². The van der Waals surface area contributed by atoms with Crippen molar-refractivity contribution in [3.05, 3.63) is 29.8 Å². The molecule has 2 aromatic rings. The van der Waals surface area contributed by atoms with Crippen molar-refractivity contribution in [3.8, 4) is 5.75 Å². The number of benzene rings is 1. The van der Waals surface area contributed by atoms with Gasteiger partial charge in [-0.15, -0.1) is 0 Å². The molecule has 0 unspecified atom stereocenters. The van der Waals surface area contributed by atoms with Crippen LogP contribution in [0.15, 0.2) is 24.3 Å². The van der Waals surface area contributed by atoms with Gasteiger partial charge in [-0.2, -0.15) is 0 Å². The maximum absolute atomic E-state index is 5.23. The smallest absolute Gasteiger partial charge is 0.129 e. The summed E-state index contributed by atoms with van der Waals surface area (Å²) in [6.45, 7) is 1.02. The number of aromatic nitrogens is 1. The normalized spacial score (nSPS) is 14.9. The molecule has 0 bridgehead atoms. The SMILES string of the molecule is COc1ccc2cc3c(nc2c1)NCCCC3. The average Bonchev–Trinajstić information content (AvgIpc) is 2.60. The van der Waals surface area contributed by atoms with Crippen LogP contribution in [0.5, 0.6) is 5.75 Å². The fraction of sp³-hybridized carbons (Fsp3) is 0.357. The lowest BCUT2D eigenvalue weighted by Crippen LogP contribution is -2.02. The van der Waals surface area contributed by atoms with Gasteiger partial charge in [-0.05, 0) is 43.0 Å². The van der Waals surface area contributed by atoms with Crippen LogP contribution in [0.25, 0.3) is 10.9 Å². The Bertz CT molecular complexity index is 551. The molecule has 88 valence electrons. The lowest BCUT2D eigenvalue weighted by molar-refractivity contribution is 0.415. The Labute approximate surface area is 101 Å². The van der Waals surface area contributed by atoms with Crippen molar-refractivity contribution in [3.63, 3.8) is 0 Å². The molecule has 2 heterocycles. The third-order valence-electron chi connectivity index (χ3n) is 3.27. The molecule has 1 aromatic carbocycles. The Morgan fingerprint density at radius 3 is 3.06 bits per heavy atom. The molecule has 3 heteroatoms. The Morgan fingerprint density at radius 1 is 1.24 bits per heavy atom. The van der Waals surface area contributed by atoms with Gasteiger partial charge in [0.1, 0.15) is 11.6 Å². The number of nitrogens with zero attached hydrogens (tertiary/aromatic N) is 1. The second kappa shape index (κ2) is 4.24. The molecule has 0 aliphatic carbocycles. The van der Waals surface area contributed by atoms with E-state index >= 15 is 0 Å². The molecule has 17 heavy (non-hydrogen) atoms. The molecule has 1 aromatic heterocycles. The van der Waals surface area contributed by atoms with Gasteiger partial charge in [0.15, 0.2) is 0 Å². The molecule has 0 saturated carbocycles. The van der Waals surface area contributed by atoms with E-state index in [1.165, 1.54) is 23.8 Å². The summed E-state index contributed by atoms with van der Waals surface area (Å²) in [5.41, 5.74) is 2.33. The Kier molecular flexibility index (Phi) is 2.59. The predicted molar refractivity (Wildman–Crippen MR) is 69.7 cm³/mol. The number of rotatable bonds is 1. The zero-order chi connectivity index (χ0) is 11.7. The monoisotopic (exact) mass is 228 g/mol. The van der Waals surface area contributed by atoms with Crippen LogP contribution in [0.1, 0.15) is 18.4 Å². The van der Waals surface area contributed by atoms with Crippen molar-refractivity contribution in [1.82, 2.24) is 4.98 Å². The highest BCUT2D eigenvalue weighted by Gasteiger charge is 2.10. The summed E-state index contributed by atoms with van der Waals surface area (Å²) in [6.07, 6.45) is 3.58. The van der Waals surface area contributed by atoms with E-state index in [1.807, 2.05) is 12.1 Å². The van der Waals surface area contributed by atoms with Crippen molar-refractivity contribution in [1.29, 1.82) is 0 Å². The maximum Gasteiger partial charge on any atom is 0.129 e. The average molecular weight is 228 g/mol. The number of methoxy groups -OCH3 is 1. The number of hydrogen-bond donors (Lipinski definition) is 1. The quantitative estimate of drug-likeness (QED) is 0.814. The summed E-state index contributed by atoms with van der Waals surface area (Å²) in [5, 5.41) is 4.59. The molecule has 0 amide bonds. The number of nitrogens with one attached hydrogen (secondary N) is 1. The molecule has 0 fully saturated rings. The first-order chi connectivity index (χ1) is 8.36. The van der Waals surface area contributed by atoms with Gasteiger partial charge in [0, 0.05) is 18.0 Å². The molecule has 1 aliphatic heterocycles. The molecule has 0 radical (unpaired) electrons. The topological polar surface area (TPSA) is 34.1 Å². The van der Waals surface area contributed by atoms with Crippen molar-refractivity contribution >= 4 is 16.7 Å². The fourth-order valence-electron chi connectivity index (χ4n) is 2.31. The molecule has 0 spiro atoms. The van der Waals surface area contributed by atoms with Crippen LogP contribution in [0.3, 0.4) is 0 Å². The van der Waals surface area contributed by atoms with Gasteiger partial charge in [-0.25, -0.2) is 4.98 Å². The van der Waals surface area contributed by atoms with E-state index in [4.69, 9.17) is 9.72 Å². The highest BCUT2D eigenvalue weighted by Crippen LogP contribution is 2.26. The Balaban J connectivity index is 2.15. The van der Waals surface area contributed by atoms with Gasteiger partial charge < -0.3 is 10.1 Å². The Morgan fingerprint density at radius 2 is 2.18 bits per heavy atom. The largest absolute Gasteiger partial charge is 0.497 e. The lowest BCUT2D eigenvalue weighted by Gasteiger charge is -2.09. The van der Waals surface area contributed by atoms with Gasteiger partial charge >= 0.3 is 0 Å². The van der Waals surface area contributed by atoms with E-state index in [0.29, 0.717) is 0 Å². The van der Waals surface area contributed by atoms with E-state index in [0.717, 1.165) is 30.0 Å². The fourth-order valence-corrected chi connectivity index (χ4v) is 2.31. The molecule has 0 saturated heterocycles. The molecule has 1 aliphatic rings. The number of anilines is 1. The lowest BCUT2D eigenvalue weighted by atomic mass is 10.1. The number of fused-ring (bicyclic) bond motifs is 2. The molecular weight excluding hydrogens is 212 g/mol. The van der Waals surface area contributed by atoms with Crippen molar-refractivity contribution in [2.75, 3.05) is 19.0 Å². The van der Waals surface area contributed by atoms with Gasteiger partial charge in [-0.3, -0.25) is 0 Å². The Hall–Kier alpha value is -1.77. The zero-order valence-electron chi connectivity index (χ0n) is 9.99. The van der Waals surface area contributed by atoms with Crippen LogP contribution in [-0.4, -0.2) is 18.6 Å². The van der Waals surface area contributed by atoms with Crippen LogP contribution >= 0.6 is 0 Å². The summed E-state index contributed by atoms with van der Waals surface area (Å²) >= 11 is 0. The second-order valence-electron chi connectivity index (χ2n) is 4.44. The highest BCUT2D eigenvalue weighted by atomic mass is 16.5. The summed E-state index contributed by atoms with van der Waals surface area (Å²) in [5.74, 6) is 1.90. The van der Waals surface area contributed by atoms with E-state index in [-0.39, 0.29) is 0 Å². The first-order valence-electron chi connectivity index (χ1n) is 6.08. The predicted octanol–water partition coefficient (Wildman–Crippen LogP) is 2.99. The van der Waals surface area contributed by atoms with Gasteiger partial charge in [0.2, 0.25) is 0 Å². The maximum atomic E-state index is 5.23. The van der Waals surface area contributed by atoms with E-state index in [1.54, 1.807) is 7.11 Å². The molecule has 1 N–H and O–H groups in total. The number of hydrogen-bond acceptors (Lipinski definition) is 3. The van der Waals surface area contributed by atoms with E-state index in [9.17, 15) is 0 Å². The number of aryl methyl sites for hydroxylation is 1. The molecule has 0 atom stereocenters.